The Kier molecular flexibility index (Phi) is 5.67. The van der Waals surface area contributed by atoms with Crippen LogP contribution in [0.25, 0.3) is 0 Å². The molecule has 1 rings (SSSR count). The molecule has 0 unspecified atom stereocenters. The molecule has 88 valence electrons. The summed E-state index contributed by atoms with van der Waals surface area (Å²) in [7, 11) is 0. The minimum atomic E-state index is -0.268. The van der Waals surface area contributed by atoms with Crippen molar-refractivity contribution in [2.75, 3.05) is 19.7 Å². The zero-order valence-electron chi connectivity index (χ0n) is 8.87. The van der Waals surface area contributed by atoms with E-state index in [9.17, 15) is 4.79 Å². The van der Waals surface area contributed by atoms with E-state index >= 15 is 0 Å². The number of amides is 2. The van der Waals surface area contributed by atoms with Crippen LogP contribution in [0.2, 0.25) is 5.02 Å². The summed E-state index contributed by atoms with van der Waals surface area (Å²) in [6, 6.07) is 7.25. The topological polar surface area (TPSA) is 61.4 Å². The maximum atomic E-state index is 11.1. The average molecular weight is 243 g/mol. The summed E-state index contributed by atoms with van der Waals surface area (Å²) >= 11 is 5.83. The molecule has 5 heteroatoms. The van der Waals surface area contributed by atoms with Crippen LogP contribution in [0.4, 0.5) is 4.79 Å². The van der Waals surface area contributed by atoms with Gasteiger partial charge in [-0.1, -0.05) is 23.7 Å². The van der Waals surface area contributed by atoms with Crippen molar-refractivity contribution in [2.24, 2.45) is 0 Å². The van der Waals surface area contributed by atoms with E-state index < -0.39 is 0 Å². The fraction of sp³-hybridized carbons (Fsp3) is 0.364. The van der Waals surface area contributed by atoms with Crippen LogP contribution in [0.3, 0.4) is 0 Å². The van der Waals surface area contributed by atoms with Crippen molar-refractivity contribution in [1.82, 2.24) is 10.6 Å². The molecule has 0 aliphatic heterocycles. The minimum absolute atomic E-state index is 0.0539. The van der Waals surface area contributed by atoms with Gasteiger partial charge in [-0.25, -0.2) is 4.79 Å². The van der Waals surface area contributed by atoms with Gasteiger partial charge in [0.25, 0.3) is 0 Å². The molecule has 0 fully saturated rings. The molecule has 3 N–H and O–H groups in total. The Morgan fingerprint density at radius 3 is 2.75 bits per heavy atom. The third kappa shape index (κ3) is 5.00. The highest BCUT2D eigenvalue weighted by molar-refractivity contribution is 6.30. The Labute approximate surface area is 99.6 Å². The van der Waals surface area contributed by atoms with Crippen molar-refractivity contribution in [3.8, 4) is 0 Å². The molecule has 1 aromatic carbocycles. The van der Waals surface area contributed by atoms with Crippen molar-refractivity contribution in [3.05, 3.63) is 34.9 Å². The van der Waals surface area contributed by atoms with E-state index in [4.69, 9.17) is 16.7 Å². The number of carbonyl (C=O) groups is 1. The van der Waals surface area contributed by atoms with Crippen LogP contribution >= 0.6 is 11.6 Å². The SMILES string of the molecule is O=C(NCCO)NCCc1cccc(Cl)c1. The molecule has 0 atom stereocenters. The van der Waals surface area contributed by atoms with Crippen molar-refractivity contribution in [1.29, 1.82) is 0 Å². The Balaban J connectivity index is 2.22. The summed E-state index contributed by atoms with van der Waals surface area (Å²) < 4.78 is 0. The van der Waals surface area contributed by atoms with Gasteiger partial charge in [0.15, 0.2) is 0 Å². The molecule has 0 saturated heterocycles. The second kappa shape index (κ2) is 7.09. The van der Waals surface area contributed by atoms with Crippen molar-refractivity contribution in [3.63, 3.8) is 0 Å². The quantitative estimate of drug-likeness (QED) is 0.726. The number of hydrogen-bond donors (Lipinski definition) is 3. The number of halogens is 1. The highest BCUT2D eigenvalue weighted by Gasteiger charge is 1.98. The molecule has 0 bridgehead atoms. The van der Waals surface area contributed by atoms with Crippen LogP contribution in [-0.2, 0) is 6.42 Å². The van der Waals surface area contributed by atoms with E-state index in [1.54, 1.807) is 0 Å². The van der Waals surface area contributed by atoms with Crippen LogP contribution in [0, 0.1) is 0 Å². The van der Waals surface area contributed by atoms with Gasteiger partial charge in [-0.15, -0.1) is 0 Å². The van der Waals surface area contributed by atoms with Crippen LogP contribution < -0.4 is 10.6 Å². The molecule has 0 heterocycles. The van der Waals surface area contributed by atoms with Gasteiger partial charge in [0.1, 0.15) is 0 Å². The number of carbonyl (C=O) groups excluding carboxylic acids is 1. The average Bonchev–Trinajstić information content (AvgIpc) is 2.26. The van der Waals surface area contributed by atoms with Crippen molar-refractivity contribution in [2.45, 2.75) is 6.42 Å². The number of urea groups is 1. The first-order valence-electron chi connectivity index (χ1n) is 5.09. The molecular weight excluding hydrogens is 228 g/mol. The molecule has 2 amide bonds. The summed E-state index contributed by atoms with van der Waals surface area (Å²) in [5, 5.41) is 14.4. The zero-order valence-corrected chi connectivity index (χ0v) is 9.63. The normalized spacial score (nSPS) is 9.88. The van der Waals surface area contributed by atoms with Crippen LogP contribution in [0.15, 0.2) is 24.3 Å². The van der Waals surface area contributed by atoms with Gasteiger partial charge < -0.3 is 15.7 Å². The molecule has 0 aliphatic carbocycles. The number of hydrogen-bond acceptors (Lipinski definition) is 2. The Morgan fingerprint density at radius 1 is 1.31 bits per heavy atom. The predicted octanol–water partition coefficient (Wildman–Crippen LogP) is 1.17. The minimum Gasteiger partial charge on any atom is -0.395 e. The smallest absolute Gasteiger partial charge is 0.314 e. The Bertz CT molecular complexity index is 345. The number of nitrogens with one attached hydrogen (secondary N) is 2. The van der Waals surface area contributed by atoms with E-state index in [0.29, 0.717) is 11.6 Å². The number of aliphatic hydroxyl groups excluding tert-OH is 1. The zero-order chi connectivity index (χ0) is 11.8. The summed E-state index contributed by atoms with van der Waals surface area (Å²) in [6.07, 6.45) is 0.729. The first kappa shape index (κ1) is 12.8. The summed E-state index contributed by atoms with van der Waals surface area (Å²) in [5.41, 5.74) is 1.08. The van der Waals surface area contributed by atoms with Gasteiger partial charge in [-0.05, 0) is 24.1 Å². The maximum absolute atomic E-state index is 11.1. The van der Waals surface area contributed by atoms with Gasteiger partial charge in [-0.3, -0.25) is 0 Å². The number of aliphatic hydroxyl groups is 1. The second-order valence-corrected chi connectivity index (χ2v) is 3.72. The number of benzene rings is 1. The van der Waals surface area contributed by atoms with Crippen LogP contribution in [0.1, 0.15) is 5.56 Å². The lowest BCUT2D eigenvalue weighted by atomic mass is 10.1. The van der Waals surface area contributed by atoms with E-state index in [0.717, 1.165) is 12.0 Å². The molecule has 0 aliphatic rings. The van der Waals surface area contributed by atoms with E-state index in [-0.39, 0.29) is 19.2 Å². The molecule has 1 aromatic rings. The van der Waals surface area contributed by atoms with Crippen molar-refractivity contribution >= 4 is 17.6 Å². The standard InChI is InChI=1S/C11H15ClN2O2/c12-10-3-1-2-9(8-10)4-5-13-11(16)14-6-7-15/h1-3,8,15H,4-7H2,(H2,13,14,16). The fourth-order valence-corrected chi connectivity index (χ4v) is 1.46. The monoisotopic (exact) mass is 242 g/mol. The van der Waals surface area contributed by atoms with E-state index in [1.165, 1.54) is 0 Å². The largest absolute Gasteiger partial charge is 0.395 e. The second-order valence-electron chi connectivity index (χ2n) is 3.29. The van der Waals surface area contributed by atoms with Crippen LogP contribution in [0.5, 0.6) is 0 Å². The molecular formula is C11H15ClN2O2. The van der Waals surface area contributed by atoms with Gasteiger partial charge >= 0.3 is 6.03 Å². The first-order chi connectivity index (χ1) is 7.72. The fourth-order valence-electron chi connectivity index (χ4n) is 1.24. The summed E-state index contributed by atoms with van der Waals surface area (Å²) in [6.45, 7) is 0.752. The van der Waals surface area contributed by atoms with Gasteiger partial charge in [0.05, 0.1) is 6.61 Å². The molecule has 0 radical (unpaired) electrons. The lowest BCUT2D eigenvalue weighted by Gasteiger charge is -2.06. The number of rotatable bonds is 5. The van der Waals surface area contributed by atoms with E-state index in [1.807, 2.05) is 24.3 Å². The van der Waals surface area contributed by atoms with Gasteiger partial charge in [-0.2, -0.15) is 0 Å². The van der Waals surface area contributed by atoms with Crippen molar-refractivity contribution < 1.29 is 9.90 Å². The van der Waals surface area contributed by atoms with Crippen LogP contribution in [-0.4, -0.2) is 30.8 Å². The van der Waals surface area contributed by atoms with Gasteiger partial charge in [0, 0.05) is 18.1 Å². The Morgan fingerprint density at radius 2 is 2.06 bits per heavy atom. The molecule has 4 nitrogen and oxygen atoms in total. The summed E-state index contributed by atoms with van der Waals surface area (Å²) in [5.74, 6) is 0. The first-order valence-corrected chi connectivity index (χ1v) is 5.47. The highest BCUT2D eigenvalue weighted by atomic mass is 35.5. The Hall–Kier alpha value is -1.26. The molecule has 0 saturated carbocycles. The molecule has 16 heavy (non-hydrogen) atoms. The molecule has 0 spiro atoms. The molecule has 0 aromatic heterocycles. The van der Waals surface area contributed by atoms with Gasteiger partial charge in [0.2, 0.25) is 0 Å². The lowest BCUT2D eigenvalue weighted by molar-refractivity contribution is 0.234. The van der Waals surface area contributed by atoms with E-state index in [2.05, 4.69) is 10.6 Å². The summed E-state index contributed by atoms with van der Waals surface area (Å²) in [4.78, 5) is 11.1. The third-order valence-corrected chi connectivity index (χ3v) is 2.22. The highest BCUT2D eigenvalue weighted by Crippen LogP contribution is 2.10. The third-order valence-electron chi connectivity index (χ3n) is 1.99. The predicted molar refractivity (Wildman–Crippen MR) is 63.6 cm³/mol. The lowest BCUT2D eigenvalue weighted by Crippen LogP contribution is -2.37. The maximum Gasteiger partial charge on any atom is 0.314 e.